The van der Waals surface area contributed by atoms with Crippen molar-refractivity contribution in [1.82, 2.24) is 10.6 Å². The van der Waals surface area contributed by atoms with E-state index < -0.39 is 0 Å². The molecule has 0 saturated carbocycles. The van der Waals surface area contributed by atoms with Gasteiger partial charge in [0.25, 0.3) is 0 Å². The summed E-state index contributed by atoms with van der Waals surface area (Å²) in [5.41, 5.74) is 2.41. The van der Waals surface area contributed by atoms with Crippen molar-refractivity contribution in [3.05, 3.63) is 35.4 Å². The fraction of sp³-hybridized carbons (Fsp3) is 0.533. The van der Waals surface area contributed by atoms with Crippen LogP contribution in [0.3, 0.4) is 0 Å². The van der Waals surface area contributed by atoms with Crippen LogP contribution in [0.2, 0.25) is 0 Å². The van der Waals surface area contributed by atoms with Gasteiger partial charge in [0, 0.05) is 12.5 Å². The summed E-state index contributed by atoms with van der Waals surface area (Å²) in [5, 5.41) is 6.13. The van der Waals surface area contributed by atoms with Crippen molar-refractivity contribution in [2.75, 3.05) is 13.6 Å². The zero-order chi connectivity index (χ0) is 13.5. The number of hydrogen-bond acceptors (Lipinski definition) is 2. The van der Waals surface area contributed by atoms with Crippen LogP contribution in [0.25, 0.3) is 0 Å². The van der Waals surface area contributed by atoms with Crippen molar-refractivity contribution in [2.45, 2.75) is 33.2 Å². The van der Waals surface area contributed by atoms with Crippen LogP contribution in [0.15, 0.2) is 24.3 Å². The minimum Gasteiger partial charge on any atom is -0.349 e. The van der Waals surface area contributed by atoms with E-state index in [1.54, 1.807) is 0 Å². The molecule has 0 spiro atoms. The van der Waals surface area contributed by atoms with E-state index in [1.165, 1.54) is 11.1 Å². The minimum absolute atomic E-state index is 0. The van der Waals surface area contributed by atoms with Crippen molar-refractivity contribution in [3.8, 4) is 0 Å². The fourth-order valence-corrected chi connectivity index (χ4v) is 1.93. The van der Waals surface area contributed by atoms with Crippen LogP contribution in [0.5, 0.6) is 0 Å². The van der Waals surface area contributed by atoms with Crippen molar-refractivity contribution >= 4 is 18.3 Å². The predicted molar refractivity (Wildman–Crippen MR) is 82.7 cm³/mol. The van der Waals surface area contributed by atoms with E-state index in [1.807, 2.05) is 14.0 Å². The third-order valence-corrected chi connectivity index (χ3v) is 3.16. The molecule has 0 saturated heterocycles. The number of carbonyl (C=O) groups excluding carboxylic acids is 1. The van der Waals surface area contributed by atoms with Crippen LogP contribution >= 0.6 is 12.4 Å². The van der Waals surface area contributed by atoms with Gasteiger partial charge in [0.2, 0.25) is 5.91 Å². The van der Waals surface area contributed by atoms with Gasteiger partial charge in [0.1, 0.15) is 0 Å². The highest BCUT2D eigenvalue weighted by Gasteiger charge is 2.17. The number of rotatable bonds is 6. The molecule has 2 N–H and O–H groups in total. The summed E-state index contributed by atoms with van der Waals surface area (Å²) in [6, 6.07) is 8.46. The molecular weight excluding hydrogens is 260 g/mol. The van der Waals surface area contributed by atoms with E-state index in [-0.39, 0.29) is 30.3 Å². The molecule has 108 valence electrons. The highest BCUT2D eigenvalue weighted by Crippen LogP contribution is 2.17. The molecule has 1 amide bonds. The summed E-state index contributed by atoms with van der Waals surface area (Å²) >= 11 is 0. The molecular formula is C15H25ClN2O. The van der Waals surface area contributed by atoms with Crippen molar-refractivity contribution in [3.63, 3.8) is 0 Å². The van der Waals surface area contributed by atoms with Crippen molar-refractivity contribution in [2.24, 2.45) is 5.92 Å². The maximum Gasteiger partial charge on any atom is 0.224 e. The Hall–Kier alpha value is -1.06. The Balaban J connectivity index is 0.00000324. The Morgan fingerprint density at radius 3 is 2.32 bits per heavy atom. The minimum atomic E-state index is -0.00509. The highest BCUT2D eigenvalue weighted by molar-refractivity contribution is 5.85. The maximum absolute atomic E-state index is 12.0. The second-order valence-corrected chi connectivity index (χ2v) is 4.84. The molecule has 0 aliphatic rings. The molecule has 0 aromatic heterocycles. The predicted octanol–water partition coefficient (Wildman–Crippen LogP) is 2.84. The first-order chi connectivity index (χ1) is 8.58. The molecule has 0 radical (unpaired) electrons. The Labute approximate surface area is 122 Å². The Morgan fingerprint density at radius 1 is 1.26 bits per heavy atom. The molecule has 2 atom stereocenters. The molecule has 1 rings (SSSR count). The van der Waals surface area contributed by atoms with E-state index in [9.17, 15) is 4.79 Å². The monoisotopic (exact) mass is 284 g/mol. The fourth-order valence-electron chi connectivity index (χ4n) is 1.93. The van der Waals surface area contributed by atoms with Crippen molar-refractivity contribution < 1.29 is 4.79 Å². The second-order valence-electron chi connectivity index (χ2n) is 4.84. The van der Waals surface area contributed by atoms with E-state index in [2.05, 4.69) is 48.7 Å². The number of hydrogen-bond donors (Lipinski definition) is 2. The van der Waals surface area contributed by atoms with Gasteiger partial charge in [-0.05, 0) is 26.0 Å². The van der Waals surface area contributed by atoms with Crippen LogP contribution in [-0.2, 0) is 4.79 Å². The van der Waals surface area contributed by atoms with Gasteiger partial charge >= 0.3 is 0 Å². The van der Waals surface area contributed by atoms with Crippen LogP contribution in [-0.4, -0.2) is 19.5 Å². The lowest BCUT2D eigenvalue weighted by Crippen LogP contribution is -2.36. The first-order valence-corrected chi connectivity index (χ1v) is 6.60. The topological polar surface area (TPSA) is 41.1 Å². The Morgan fingerprint density at radius 2 is 1.84 bits per heavy atom. The van der Waals surface area contributed by atoms with Gasteiger partial charge < -0.3 is 10.6 Å². The molecule has 0 fully saturated rings. The summed E-state index contributed by atoms with van der Waals surface area (Å²) in [4.78, 5) is 12.0. The van der Waals surface area contributed by atoms with Crippen LogP contribution in [0.4, 0.5) is 0 Å². The van der Waals surface area contributed by atoms with Crippen LogP contribution < -0.4 is 10.6 Å². The lowest BCUT2D eigenvalue weighted by molar-refractivity contribution is -0.125. The zero-order valence-corrected chi connectivity index (χ0v) is 13.0. The Bertz CT molecular complexity index is 378. The number of carbonyl (C=O) groups is 1. The molecule has 0 bridgehead atoms. The van der Waals surface area contributed by atoms with E-state index in [0.29, 0.717) is 6.54 Å². The molecule has 1 aromatic carbocycles. The van der Waals surface area contributed by atoms with Crippen LogP contribution in [0, 0.1) is 12.8 Å². The van der Waals surface area contributed by atoms with Gasteiger partial charge in [0.15, 0.2) is 0 Å². The molecule has 3 nitrogen and oxygen atoms in total. The first-order valence-electron chi connectivity index (χ1n) is 6.60. The number of amides is 1. The zero-order valence-electron chi connectivity index (χ0n) is 12.2. The maximum atomic E-state index is 12.0. The van der Waals surface area contributed by atoms with Crippen molar-refractivity contribution in [1.29, 1.82) is 0 Å². The van der Waals surface area contributed by atoms with Gasteiger partial charge in [-0.15, -0.1) is 12.4 Å². The standard InChI is InChI=1S/C15H24N2O.ClH/c1-5-14(13-8-6-11(2)7-9-13)17-15(18)12(3)10-16-4;/h6-9,12,14,16H,5,10H2,1-4H3,(H,17,18);1H. The molecule has 0 aliphatic heterocycles. The highest BCUT2D eigenvalue weighted by atomic mass is 35.5. The third-order valence-electron chi connectivity index (χ3n) is 3.16. The normalized spacial score (nSPS) is 13.3. The summed E-state index contributed by atoms with van der Waals surface area (Å²) in [6.45, 7) is 6.80. The summed E-state index contributed by atoms with van der Waals surface area (Å²) in [7, 11) is 1.86. The summed E-state index contributed by atoms with van der Waals surface area (Å²) in [6.07, 6.45) is 0.904. The SMILES string of the molecule is CCC(NC(=O)C(C)CNC)c1ccc(C)cc1.Cl. The lowest BCUT2D eigenvalue weighted by Gasteiger charge is -2.20. The second kappa shape index (κ2) is 8.94. The van der Waals surface area contributed by atoms with Gasteiger partial charge in [-0.25, -0.2) is 0 Å². The average Bonchev–Trinajstić information content (AvgIpc) is 2.37. The van der Waals surface area contributed by atoms with E-state index in [4.69, 9.17) is 0 Å². The van der Waals surface area contributed by atoms with Gasteiger partial charge in [-0.2, -0.15) is 0 Å². The van der Waals surface area contributed by atoms with Gasteiger partial charge in [-0.1, -0.05) is 43.7 Å². The third kappa shape index (κ3) is 5.62. The number of halogens is 1. The number of nitrogens with one attached hydrogen (secondary N) is 2. The number of aryl methyl sites for hydroxylation is 1. The number of benzene rings is 1. The molecule has 19 heavy (non-hydrogen) atoms. The smallest absolute Gasteiger partial charge is 0.224 e. The average molecular weight is 285 g/mol. The van der Waals surface area contributed by atoms with Gasteiger partial charge in [0.05, 0.1) is 6.04 Å². The van der Waals surface area contributed by atoms with E-state index in [0.717, 1.165) is 6.42 Å². The summed E-state index contributed by atoms with van der Waals surface area (Å²) in [5.74, 6) is 0.103. The quantitative estimate of drug-likeness (QED) is 0.843. The first kappa shape index (κ1) is 17.9. The van der Waals surface area contributed by atoms with Gasteiger partial charge in [-0.3, -0.25) is 4.79 Å². The Kier molecular flexibility index (Phi) is 8.44. The molecule has 2 unspecified atom stereocenters. The molecule has 4 heteroatoms. The molecule has 0 heterocycles. The van der Waals surface area contributed by atoms with Crippen LogP contribution in [0.1, 0.15) is 37.4 Å². The summed E-state index contributed by atoms with van der Waals surface area (Å²) < 4.78 is 0. The van der Waals surface area contributed by atoms with E-state index >= 15 is 0 Å². The largest absolute Gasteiger partial charge is 0.349 e. The molecule has 1 aromatic rings. The lowest BCUT2D eigenvalue weighted by atomic mass is 10.0. The molecule has 0 aliphatic carbocycles.